The molecule has 0 bridgehead atoms. The Morgan fingerprint density at radius 1 is 1.10 bits per heavy atom. The Labute approximate surface area is 245 Å². The molecule has 2 heterocycles. The number of hydrogen-bond donors (Lipinski definition) is 4. The number of hydrazine groups is 2. The smallest absolute Gasteiger partial charge is 0.251 e. The molecule has 1 saturated carbocycles. The van der Waals surface area contributed by atoms with Crippen LogP contribution in [0, 0.1) is 11.8 Å². The van der Waals surface area contributed by atoms with Crippen LogP contribution in [0.25, 0.3) is 0 Å². The lowest BCUT2D eigenvalue weighted by Crippen LogP contribution is -2.51. The Morgan fingerprint density at radius 3 is 2.42 bits per heavy atom. The predicted molar refractivity (Wildman–Crippen MR) is 160 cm³/mol. The van der Waals surface area contributed by atoms with Crippen molar-refractivity contribution in [2.24, 2.45) is 21.9 Å². The molecule has 0 radical (unpaired) electrons. The fourth-order valence-electron chi connectivity index (χ4n) is 6.58. The summed E-state index contributed by atoms with van der Waals surface area (Å²) in [4.78, 5) is 32.3. The van der Waals surface area contributed by atoms with Crippen molar-refractivity contribution in [3.8, 4) is 0 Å². The van der Waals surface area contributed by atoms with Crippen LogP contribution in [0.4, 0.5) is 0 Å². The Hall–Kier alpha value is -2.94. The minimum Gasteiger partial charge on any atom is -0.345 e. The van der Waals surface area contributed by atoms with E-state index in [1.54, 1.807) is 18.2 Å². The van der Waals surface area contributed by atoms with Crippen LogP contribution in [-0.2, 0) is 4.79 Å². The van der Waals surface area contributed by atoms with Gasteiger partial charge in [-0.1, -0.05) is 74.9 Å². The maximum Gasteiger partial charge on any atom is 0.251 e. The molecule has 8 nitrogen and oxygen atoms in total. The number of ketones is 1. The minimum atomic E-state index is -0.284. The second-order valence-electron chi connectivity index (χ2n) is 11.1. The summed E-state index contributed by atoms with van der Waals surface area (Å²) in [7, 11) is 0. The standard InChI is InChI=1S/C30H36Cl2N6O2/c1-3-7-24(19-8-10-20(11-9-19)29(40)33-17-25-35-37-38-36-25)26-18(2)30(12-5-4-6-13-30)34-27(28(26)39)21-14-22(31)16-23(32)15-21/h8-11,14-16,18,24,26,37-38H,3-7,12-13,17H2,1-2H3,(H,33,40)(H,35,36). The van der Waals surface area contributed by atoms with E-state index in [4.69, 9.17) is 28.2 Å². The second kappa shape index (κ2) is 12.3. The maximum absolute atomic E-state index is 14.4. The largest absolute Gasteiger partial charge is 0.345 e. The zero-order chi connectivity index (χ0) is 28.3. The van der Waals surface area contributed by atoms with Gasteiger partial charge in [-0.05, 0) is 67.0 Å². The number of Topliss-reactive ketones (excluding diaryl/α,β-unsaturated/α-hetero) is 1. The molecule has 0 aromatic heterocycles. The molecule has 3 atom stereocenters. The molecule has 2 aromatic carbocycles. The summed E-state index contributed by atoms with van der Waals surface area (Å²) in [6.07, 6.45) is 7.14. The van der Waals surface area contributed by atoms with Crippen molar-refractivity contribution in [1.29, 1.82) is 0 Å². The third kappa shape index (κ3) is 5.90. The van der Waals surface area contributed by atoms with Crippen LogP contribution in [-0.4, -0.2) is 35.3 Å². The van der Waals surface area contributed by atoms with Crippen molar-refractivity contribution in [1.82, 2.24) is 21.8 Å². The van der Waals surface area contributed by atoms with Crippen LogP contribution in [0.5, 0.6) is 0 Å². The number of amidine groups is 1. The van der Waals surface area contributed by atoms with Gasteiger partial charge < -0.3 is 5.32 Å². The van der Waals surface area contributed by atoms with E-state index < -0.39 is 0 Å². The lowest BCUT2D eigenvalue weighted by molar-refractivity contribution is -0.121. The highest BCUT2D eigenvalue weighted by molar-refractivity contribution is 6.48. The quantitative estimate of drug-likeness (QED) is 0.326. The molecule has 1 aliphatic carbocycles. The van der Waals surface area contributed by atoms with Gasteiger partial charge >= 0.3 is 0 Å². The van der Waals surface area contributed by atoms with Crippen LogP contribution >= 0.6 is 23.2 Å². The molecule has 5 rings (SSSR count). The number of halogens is 2. The van der Waals surface area contributed by atoms with Crippen molar-refractivity contribution in [2.75, 3.05) is 6.54 Å². The number of hydrazone groups is 1. The number of aliphatic imine (C=N–C) groups is 1. The van der Waals surface area contributed by atoms with E-state index in [1.807, 2.05) is 24.3 Å². The number of nitrogens with one attached hydrogen (secondary N) is 4. The molecular weight excluding hydrogens is 547 g/mol. The fraction of sp³-hybridized carbons (Fsp3) is 0.467. The minimum absolute atomic E-state index is 0.00207. The van der Waals surface area contributed by atoms with E-state index in [0.717, 1.165) is 44.1 Å². The summed E-state index contributed by atoms with van der Waals surface area (Å²) in [6, 6.07) is 13.0. The van der Waals surface area contributed by atoms with E-state index in [0.29, 0.717) is 32.7 Å². The second-order valence-corrected chi connectivity index (χ2v) is 12.0. The first kappa shape index (κ1) is 28.6. The third-order valence-electron chi connectivity index (χ3n) is 8.62. The number of carbonyl (C=O) groups is 2. The SMILES string of the molecule is CCCC(c1ccc(C(=O)NCC2=NNNN2)cc1)C1C(=O)C(c2cc(Cl)cc(Cl)c2)=NC2(CCCCC2)C1C. The van der Waals surface area contributed by atoms with Gasteiger partial charge in [0, 0.05) is 27.1 Å². The molecule has 2 aliphatic heterocycles. The molecule has 3 unspecified atom stereocenters. The number of amides is 1. The summed E-state index contributed by atoms with van der Waals surface area (Å²) in [5, 5.41) is 7.82. The molecule has 1 fully saturated rings. The van der Waals surface area contributed by atoms with Crippen LogP contribution in [0.3, 0.4) is 0 Å². The number of carbonyl (C=O) groups excluding carboxylic acids is 2. The van der Waals surface area contributed by atoms with Gasteiger partial charge in [-0.3, -0.25) is 20.0 Å². The fourth-order valence-corrected chi connectivity index (χ4v) is 7.10. The summed E-state index contributed by atoms with van der Waals surface area (Å²) in [6.45, 7) is 4.64. The van der Waals surface area contributed by atoms with Gasteiger partial charge in [-0.2, -0.15) is 0 Å². The Morgan fingerprint density at radius 2 is 1.80 bits per heavy atom. The van der Waals surface area contributed by atoms with E-state index in [9.17, 15) is 9.59 Å². The molecule has 0 saturated heterocycles. The predicted octanol–water partition coefficient (Wildman–Crippen LogP) is 5.56. The van der Waals surface area contributed by atoms with Gasteiger partial charge in [-0.25, -0.2) is 5.53 Å². The number of hydrogen-bond acceptors (Lipinski definition) is 7. The maximum atomic E-state index is 14.4. The van der Waals surface area contributed by atoms with Gasteiger partial charge in [0.15, 0.2) is 11.6 Å². The first-order valence-electron chi connectivity index (χ1n) is 14.1. The van der Waals surface area contributed by atoms with E-state index in [-0.39, 0.29) is 41.5 Å². The topological polar surface area (TPSA) is 107 Å². The number of benzene rings is 2. The van der Waals surface area contributed by atoms with Crippen molar-refractivity contribution in [3.05, 3.63) is 69.2 Å². The van der Waals surface area contributed by atoms with Crippen molar-refractivity contribution >= 4 is 46.4 Å². The molecule has 1 amide bonds. The molecular formula is C30H36Cl2N6O2. The summed E-state index contributed by atoms with van der Waals surface area (Å²) in [5.74, 6) is 0.292. The third-order valence-corrected chi connectivity index (χ3v) is 9.05. The monoisotopic (exact) mass is 582 g/mol. The Bertz CT molecular complexity index is 1300. The molecule has 3 aliphatic rings. The van der Waals surface area contributed by atoms with Gasteiger partial charge in [0.1, 0.15) is 5.71 Å². The molecule has 1 spiro atoms. The first-order chi connectivity index (χ1) is 19.3. The summed E-state index contributed by atoms with van der Waals surface area (Å²) in [5.41, 5.74) is 10.6. The van der Waals surface area contributed by atoms with Crippen LogP contribution in [0.15, 0.2) is 52.6 Å². The van der Waals surface area contributed by atoms with E-state index in [1.165, 1.54) is 6.42 Å². The molecule has 40 heavy (non-hydrogen) atoms. The van der Waals surface area contributed by atoms with Crippen LogP contribution in [0.2, 0.25) is 10.0 Å². The van der Waals surface area contributed by atoms with Crippen LogP contribution < -0.4 is 21.8 Å². The average Bonchev–Trinajstić information content (AvgIpc) is 3.47. The molecule has 2 aromatic rings. The average molecular weight is 584 g/mol. The number of rotatable bonds is 8. The van der Waals surface area contributed by atoms with Crippen molar-refractivity contribution in [3.63, 3.8) is 0 Å². The summed E-state index contributed by atoms with van der Waals surface area (Å²) >= 11 is 12.7. The lowest BCUT2D eigenvalue weighted by atomic mass is 9.60. The van der Waals surface area contributed by atoms with Gasteiger partial charge in [0.05, 0.1) is 12.1 Å². The number of nitrogens with zero attached hydrogens (tertiary/aromatic N) is 2. The van der Waals surface area contributed by atoms with Gasteiger partial charge in [-0.15, -0.1) is 10.6 Å². The van der Waals surface area contributed by atoms with Crippen molar-refractivity contribution < 1.29 is 9.59 Å². The molecule has 4 N–H and O–H groups in total. The van der Waals surface area contributed by atoms with E-state index >= 15 is 0 Å². The lowest BCUT2D eigenvalue weighted by Gasteiger charge is -2.48. The summed E-state index contributed by atoms with van der Waals surface area (Å²) < 4.78 is 0. The molecule has 212 valence electrons. The Balaban J connectivity index is 1.47. The molecule has 10 heteroatoms. The first-order valence-corrected chi connectivity index (χ1v) is 14.9. The zero-order valence-electron chi connectivity index (χ0n) is 22.9. The Kier molecular flexibility index (Phi) is 8.78. The van der Waals surface area contributed by atoms with Crippen LogP contribution in [0.1, 0.15) is 86.2 Å². The normalized spacial score (nSPS) is 22.6. The highest BCUT2D eigenvalue weighted by Crippen LogP contribution is 2.49. The van der Waals surface area contributed by atoms with Gasteiger partial charge in [0.25, 0.3) is 5.91 Å². The highest BCUT2D eigenvalue weighted by atomic mass is 35.5. The zero-order valence-corrected chi connectivity index (χ0v) is 24.4. The van der Waals surface area contributed by atoms with Crippen molar-refractivity contribution in [2.45, 2.75) is 70.3 Å². The van der Waals surface area contributed by atoms with E-state index in [2.05, 4.69) is 40.8 Å². The highest BCUT2D eigenvalue weighted by Gasteiger charge is 2.50. The van der Waals surface area contributed by atoms with Gasteiger partial charge in [0.2, 0.25) is 0 Å².